The van der Waals surface area contributed by atoms with Crippen molar-refractivity contribution in [2.75, 3.05) is 12.4 Å². The molecule has 1 aromatic carbocycles. The number of hydrogen-bond donors (Lipinski definition) is 2. The van der Waals surface area contributed by atoms with Gasteiger partial charge in [-0.25, -0.2) is 9.78 Å². The maximum absolute atomic E-state index is 12.2. The van der Waals surface area contributed by atoms with Crippen LogP contribution in [0.5, 0.6) is 5.88 Å². The molecule has 3 rings (SSSR count). The highest BCUT2D eigenvalue weighted by atomic mass is 16.5. The number of anilines is 1. The Kier molecular flexibility index (Phi) is 5.66. The number of carbonyl (C=O) groups is 1. The predicted molar refractivity (Wildman–Crippen MR) is 106 cm³/mol. The van der Waals surface area contributed by atoms with E-state index in [4.69, 9.17) is 4.74 Å². The average molecular weight is 362 g/mol. The van der Waals surface area contributed by atoms with Crippen LogP contribution in [-0.2, 0) is 0 Å². The second-order valence-corrected chi connectivity index (χ2v) is 6.22. The van der Waals surface area contributed by atoms with Crippen LogP contribution in [0.2, 0.25) is 0 Å². The van der Waals surface area contributed by atoms with Crippen molar-refractivity contribution in [2.45, 2.75) is 19.9 Å². The first-order valence-corrected chi connectivity index (χ1v) is 8.65. The summed E-state index contributed by atoms with van der Waals surface area (Å²) >= 11 is 0. The number of urea groups is 1. The number of nitrogens with zero attached hydrogens (tertiary/aromatic N) is 2. The molecule has 27 heavy (non-hydrogen) atoms. The number of amides is 2. The zero-order valence-electron chi connectivity index (χ0n) is 15.6. The highest BCUT2D eigenvalue weighted by molar-refractivity contribution is 5.89. The summed E-state index contributed by atoms with van der Waals surface area (Å²) in [6, 6.07) is 14.9. The van der Waals surface area contributed by atoms with Gasteiger partial charge in [-0.15, -0.1) is 0 Å². The van der Waals surface area contributed by atoms with Crippen LogP contribution in [0.3, 0.4) is 0 Å². The van der Waals surface area contributed by atoms with Crippen molar-refractivity contribution in [3.8, 4) is 17.0 Å². The minimum Gasteiger partial charge on any atom is -0.481 e. The molecule has 1 atom stereocenters. The molecule has 0 saturated heterocycles. The molecular formula is C21H22N4O2. The molecule has 6 heteroatoms. The Bertz CT molecular complexity index is 908. The number of rotatable bonds is 5. The lowest BCUT2D eigenvalue weighted by Gasteiger charge is -2.15. The number of ether oxygens (including phenoxy) is 1. The Balaban J connectivity index is 1.60. The standard InChI is InChI=1S/C21H22N4O2/c1-14-12-17(10-11-22-14)16-4-7-19(8-5-16)25-21(26)24-15(2)18-6-9-20(27-3)23-13-18/h4-13,15H,1-3H3,(H2,24,25,26). The van der Waals surface area contributed by atoms with Gasteiger partial charge in [0.2, 0.25) is 5.88 Å². The maximum atomic E-state index is 12.2. The van der Waals surface area contributed by atoms with Crippen LogP contribution in [-0.4, -0.2) is 23.1 Å². The maximum Gasteiger partial charge on any atom is 0.319 e. The molecule has 0 fully saturated rings. The monoisotopic (exact) mass is 362 g/mol. The summed E-state index contributed by atoms with van der Waals surface area (Å²) in [5.74, 6) is 0.542. The Hall–Kier alpha value is -3.41. The third-order valence-corrected chi connectivity index (χ3v) is 4.19. The van der Waals surface area contributed by atoms with E-state index in [0.717, 1.165) is 28.1 Å². The smallest absolute Gasteiger partial charge is 0.319 e. The SMILES string of the molecule is COc1ccc(C(C)NC(=O)Nc2ccc(-c3ccnc(C)c3)cc2)cn1. The highest BCUT2D eigenvalue weighted by Gasteiger charge is 2.10. The minimum absolute atomic E-state index is 0.178. The number of hydrogen-bond acceptors (Lipinski definition) is 4. The van der Waals surface area contributed by atoms with Gasteiger partial charge >= 0.3 is 6.03 Å². The van der Waals surface area contributed by atoms with Crippen molar-refractivity contribution in [3.05, 3.63) is 72.2 Å². The number of nitrogens with one attached hydrogen (secondary N) is 2. The molecule has 3 aromatic rings. The van der Waals surface area contributed by atoms with Gasteiger partial charge in [0, 0.05) is 29.8 Å². The Labute approximate surface area is 158 Å². The summed E-state index contributed by atoms with van der Waals surface area (Å²) in [5.41, 5.74) is 4.76. The summed E-state index contributed by atoms with van der Waals surface area (Å²) in [6.45, 7) is 3.86. The van der Waals surface area contributed by atoms with E-state index in [9.17, 15) is 4.79 Å². The number of aryl methyl sites for hydroxylation is 1. The first-order chi connectivity index (χ1) is 13.0. The highest BCUT2D eigenvalue weighted by Crippen LogP contribution is 2.22. The lowest BCUT2D eigenvalue weighted by atomic mass is 10.1. The van der Waals surface area contributed by atoms with Gasteiger partial charge in [-0.3, -0.25) is 4.98 Å². The van der Waals surface area contributed by atoms with Crippen LogP contribution in [0.25, 0.3) is 11.1 Å². The van der Waals surface area contributed by atoms with Gasteiger partial charge in [-0.05, 0) is 54.8 Å². The molecule has 6 nitrogen and oxygen atoms in total. The predicted octanol–water partition coefficient (Wildman–Crippen LogP) is 4.34. The Morgan fingerprint density at radius 1 is 1.04 bits per heavy atom. The molecule has 0 aliphatic carbocycles. The van der Waals surface area contributed by atoms with Gasteiger partial charge in [0.1, 0.15) is 0 Å². The molecule has 2 heterocycles. The Morgan fingerprint density at radius 2 is 1.81 bits per heavy atom. The van der Waals surface area contributed by atoms with Crippen LogP contribution in [0.1, 0.15) is 24.2 Å². The molecule has 1 unspecified atom stereocenters. The molecular weight excluding hydrogens is 340 g/mol. The second kappa shape index (κ2) is 8.31. The molecule has 0 aliphatic heterocycles. The van der Waals surface area contributed by atoms with E-state index in [2.05, 4.69) is 20.6 Å². The minimum atomic E-state index is -0.272. The second-order valence-electron chi connectivity index (χ2n) is 6.22. The molecule has 0 saturated carbocycles. The Morgan fingerprint density at radius 3 is 2.44 bits per heavy atom. The molecule has 138 valence electrons. The third kappa shape index (κ3) is 4.82. The number of benzene rings is 1. The van der Waals surface area contributed by atoms with Crippen molar-refractivity contribution in [2.24, 2.45) is 0 Å². The quantitative estimate of drug-likeness (QED) is 0.708. The lowest BCUT2D eigenvalue weighted by molar-refractivity contribution is 0.249. The molecule has 0 bridgehead atoms. The third-order valence-electron chi connectivity index (χ3n) is 4.19. The molecule has 0 radical (unpaired) electrons. The van der Waals surface area contributed by atoms with E-state index in [0.29, 0.717) is 5.88 Å². The molecule has 2 amide bonds. The van der Waals surface area contributed by atoms with E-state index in [-0.39, 0.29) is 12.1 Å². The van der Waals surface area contributed by atoms with Gasteiger partial charge in [-0.1, -0.05) is 18.2 Å². The van der Waals surface area contributed by atoms with Gasteiger partial charge in [-0.2, -0.15) is 0 Å². The number of methoxy groups -OCH3 is 1. The fourth-order valence-corrected chi connectivity index (χ4v) is 2.69. The van der Waals surface area contributed by atoms with Crippen molar-refractivity contribution in [1.82, 2.24) is 15.3 Å². The molecule has 2 aromatic heterocycles. The van der Waals surface area contributed by atoms with Crippen LogP contribution < -0.4 is 15.4 Å². The van der Waals surface area contributed by atoms with Crippen molar-refractivity contribution in [3.63, 3.8) is 0 Å². The van der Waals surface area contributed by atoms with E-state index >= 15 is 0 Å². The summed E-state index contributed by atoms with van der Waals surface area (Å²) < 4.78 is 5.04. The van der Waals surface area contributed by atoms with Gasteiger partial charge < -0.3 is 15.4 Å². The average Bonchev–Trinajstić information content (AvgIpc) is 2.68. The molecule has 0 aliphatic rings. The summed E-state index contributed by atoms with van der Waals surface area (Å²) in [6.07, 6.45) is 3.48. The summed E-state index contributed by atoms with van der Waals surface area (Å²) in [5, 5.41) is 5.74. The molecule has 2 N–H and O–H groups in total. The summed E-state index contributed by atoms with van der Waals surface area (Å²) in [4.78, 5) is 20.6. The van der Waals surface area contributed by atoms with Crippen molar-refractivity contribution >= 4 is 11.7 Å². The van der Waals surface area contributed by atoms with Gasteiger partial charge in [0.25, 0.3) is 0 Å². The zero-order chi connectivity index (χ0) is 19.2. The van der Waals surface area contributed by atoms with Crippen molar-refractivity contribution in [1.29, 1.82) is 0 Å². The fraction of sp³-hybridized carbons (Fsp3) is 0.190. The number of pyridine rings is 2. The van der Waals surface area contributed by atoms with E-state index in [1.165, 1.54) is 0 Å². The first-order valence-electron chi connectivity index (χ1n) is 8.65. The van der Waals surface area contributed by atoms with Gasteiger partial charge in [0.15, 0.2) is 0 Å². The lowest BCUT2D eigenvalue weighted by Crippen LogP contribution is -2.31. The topological polar surface area (TPSA) is 76.1 Å². The van der Waals surface area contributed by atoms with Crippen LogP contribution in [0.4, 0.5) is 10.5 Å². The van der Waals surface area contributed by atoms with Gasteiger partial charge in [0.05, 0.1) is 13.2 Å². The van der Waals surface area contributed by atoms with Crippen LogP contribution >= 0.6 is 0 Å². The summed E-state index contributed by atoms with van der Waals surface area (Å²) in [7, 11) is 1.57. The number of carbonyl (C=O) groups excluding carboxylic acids is 1. The van der Waals surface area contributed by atoms with Crippen molar-refractivity contribution < 1.29 is 9.53 Å². The fourth-order valence-electron chi connectivity index (χ4n) is 2.69. The van der Waals surface area contributed by atoms with E-state index in [1.807, 2.05) is 56.3 Å². The molecule has 0 spiro atoms. The zero-order valence-corrected chi connectivity index (χ0v) is 15.6. The number of aromatic nitrogens is 2. The normalized spacial score (nSPS) is 11.5. The largest absolute Gasteiger partial charge is 0.481 e. The van der Waals surface area contributed by atoms with Crippen LogP contribution in [0, 0.1) is 6.92 Å². The first kappa shape index (κ1) is 18.4. The van der Waals surface area contributed by atoms with E-state index in [1.54, 1.807) is 25.6 Å². The van der Waals surface area contributed by atoms with Crippen LogP contribution in [0.15, 0.2) is 60.9 Å². The van der Waals surface area contributed by atoms with E-state index < -0.39 is 0 Å².